The summed E-state index contributed by atoms with van der Waals surface area (Å²) in [4.78, 5) is 16.5. The molecule has 0 saturated carbocycles. The number of likely N-dealkylation sites (tertiary alicyclic amines) is 1. The largest absolute Gasteiger partial charge is 0.378 e. The van der Waals surface area contributed by atoms with Gasteiger partial charge in [0.1, 0.15) is 0 Å². The standard InChI is InChI=1S/C21H30F2N2O2/c1-3-10-27-17-6-8-24(9-7-17)13-15(2)14-25-20-12-19(23)18(22)11-16(20)4-5-21(25)26/h11-12,15,17H,3-10,13-14H2,1-2H3. The first kappa shape index (κ1) is 20.2. The quantitative estimate of drug-likeness (QED) is 0.722. The van der Waals surface area contributed by atoms with E-state index in [1.54, 1.807) is 4.90 Å². The van der Waals surface area contributed by atoms with Crippen LogP contribution in [0.4, 0.5) is 14.5 Å². The highest BCUT2D eigenvalue weighted by Crippen LogP contribution is 2.31. The van der Waals surface area contributed by atoms with Crippen LogP contribution >= 0.6 is 0 Å². The van der Waals surface area contributed by atoms with E-state index in [0.29, 0.717) is 31.2 Å². The molecule has 2 aliphatic rings. The zero-order chi connectivity index (χ0) is 19.4. The van der Waals surface area contributed by atoms with E-state index in [4.69, 9.17) is 4.74 Å². The highest BCUT2D eigenvalue weighted by Gasteiger charge is 2.28. The fourth-order valence-electron chi connectivity index (χ4n) is 4.09. The molecule has 4 nitrogen and oxygen atoms in total. The monoisotopic (exact) mass is 380 g/mol. The Morgan fingerprint density at radius 1 is 1.15 bits per heavy atom. The molecular weight excluding hydrogens is 350 g/mol. The van der Waals surface area contributed by atoms with Crippen molar-refractivity contribution in [2.24, 2.45) is 5.92 Å². The molecule has 0 N–H and O–H groups in total. The zero-order valence-corrected chi connectivity index (χ0v) is 16.3. The lowest BCUT2D eigenvalue weighted by Gasteiger charge is -2.36. The van der Waals surface area contributed by atoms with Gasteiger partial charge in [0, 0.05) is 51.0 Å². The Morgan fingerprint density at radius 3 is 2.56 bits per heavy atom. The molecule has 2 heterocycles. The molecule has 1 unspecified atom stereocenters. The lowest BCUT2D eigenvalue weighted by atomic mass is 9.98. The van der Waals surface area contributed by atoms with Gasteiger partial charge in [0.25, 0.3) is 0 Å². The second-order valence-electron chi connectivity index (χ2n) is 7.88. The Bertz CT molecular complexity index is 660. The number of carbonyl (C=O) groups is 1. The Morgan fingerprint density at radius 2 is 1.85 bits per heavy atom. The summed E-state index contributed by atoms with van der Waals surface area (Å²) in [6, 6.07) is 2.40. The molecule has 0 aromatic heterocycles. The van der Waals surface area contributed by atoms with Crippen molar-refractivity contribution in [2.75, 3.05) is 37.7 Å². The number of rotatable bonds is 7. The summed E-state index contributed by atoms with van der Waals surface area (Å²) < 4.78 is 33.1. The van der Waals surface area contributed by atoms with Gasteiger partial charge in [0.05, 0.1) is 6.10 Å². The molecule has 1 fully saturated rings. The summed E-state index contributed by atoms with van der Waals surface area (Å²) in [6.45, 7) is 8.49. The highest BCUT2D eigenvalue weighted by atomic mass is 19.2. The number of benzene rings is 1. The van der Waals surface area contributed by atoms with Gasteiger partial charge in [-0.05, 0) is 43.2 Å². The van der Waals surface area contributed by atoms with E-state index in [1.165, 1.54) is 12.1 Å². The summed E-state index contributed by atoms with van der Waals surface area (Å²) in [5.74, 6) is -1.49. The number of halogens is 2. The third kappa shape index (κ3) is 5.05. The average Bonchev–Trinajstić information content (AvgIpc) is 2.65. The maximum absolute atomic E-state index is 13.7. The summed E-state index contributed by atoms with van der Waals surface area (Å²) in [7, 11) is 0. The van der Waals surface area contributed by atoms with Crippen molar-refractivity contribution in [2.45, 2.75) is 52.1 Å². The van der Waals surface area contributed by atoms with Crippen molar-refractivity contribution in [3.63, 3.8) is 0 Å². The number of amides is 1. The lowest BCUT2D eigenvalue weighted by molar-refractivity contribution is -0.119. The second-order valence-corrected chi connectivity index (χ2v) is 7.88. The topological polar surface area (TPSA) is 32.8 Å². The summed E-state index contributed by atoms with van der Waals surface area (Å²) in [5.41, 5.74) is 1.25. The molecular formula is C21H30F2N2O2. The normalized spacial score (nSPS) is 20.0. The van der Waals surface area contributed by atoms with Crippen molar-refractivity contribution in [1.29, 1.82) is 0 Å². The molecule has 1 aromatic rings. The molecule has 6 heteroatoms. The van der Waals surface area contributed by atoms with Gasteiger partial charge in [-0.15, -0.1) is 0 Å². The van der Waals surface area contributed by atoms with Crippen LogP contribution in [0.5, 0.6) is 0 Å². The van der Waals surface area contributed by atoms with Gasteiger partial charge in [0.15, 0.2) is 11.6 Å². The molecule has 27 heavy (non-hydrogen) atoms. The van der Waals surface area contributed by atoms with Crippen molar-refractivity contribution in [1.82, 2.24) is 4.90 Å². The molecule has 2 aliphatic heterocycles. The van der Waals surface area contributed by atoms with E-state index < -0.39 is 11.6 Å². The number of aryl methyl sites for hydroxylation is 1. The molecule has 0 spiro atoms. The predicted molar refractivity (Wildman–Crippen MR) is 102 cm³/mol. The number of hydrogen-bond donors (Lipinski definition) is 0. The van der Waals surface area contributed by atoms with Crippen LogP contribution in [0.3, 0.4) is 0 Å². The molecule has 0 bridgehead atoms. The minimum Gasteiger partial charge on any atom is -0.378 e. The van der Waals surface area contributed by atoms with Crippen molar-refractivity contribution < 1.29 is 18.3 Å². The number of fused-ring (bicyclic) bond motifs is 1. The number of carbonyl (C=O) groups excluding carboxylic acids is 1. The minimum atomic E-state index is -0.893. The molecule has 1 aromatic carbocycles. The number of hydrogen-bond acceptors (Lipinski definition) is 3. The summed E-state index contributed by atoms with van der Waals surface area (Å²) in [6.07, 6.45) is 4.33. The van der Waals surface area contributed by atoms with Crippen molar-refractivity contribution >= 4 is 11.6 Å². The van der Waals surface area contributed by atoms with Gasteiger partial charge < -0.3 is 14.5 Å². The second kappa shape index (κ2) is 9.11. The van der Waals surface area contributed by atoms with E-state index in [1.807, 2.05) is 0 Å². The van der Waals surface area contributed by atoms with Gasteiger partial charge in [0.2, 0.25) is 5.91 Å². The molecule has 1 saturated heterocycles. The molecule has 0 aliphatic carbocycles. The third-order valence-corrected chi connectivity index (χ3v) is 5.48. The number of ether oxygens (including phenoxy) is 1. The Kier molecular flexibility index (Phi) is 6.82. The first-order valence-electron chi connectivity index (χ1n) is 10.1. The molecule has 0 radical (unpaired) electrons. The maximum Gasteiger partial charge on any atom is 0.227 e. The van der Waals surface area contributed by atoms with Gasteiger partial charge in [-0.2, -0.15) is 0 Å². The van der Waals surface area contributed by atoms with Crippen LogP contribution in [-0.4, -0.2) is 49.7 Å². The van der Waals surface area contributed by atoms with Crippen LogP contribution in [0.15, 0.2) is 12.1 Å². The van der Waals surface area contributed by atoms with Gasteiger partial charge in [-0.3, -0.25) is 4.79 Å². The summed E-state index contributed by atoms with van der Waals surface area (Å²) >= 11 is 0. The predicted octanol–water partition coefficient (Wildman–Crippen LogP) is 3.77. The van der Waals surface area contributed by atoms with Crippen LogP contribution in [0.1, 0.15) is 45.1 Å². The fourth-order valence-corrected chi connectivity index (χ4v) is 4.09. The smallest absolute Gasteiger partial charge is 0.227 e. The van der Waals surface area contributed by atoms with Crippen LogP contribution in [-0.2, 0) is 16.0 Å². The van der Waals surface area contributed by atoms with Crippen LogP contribution in [0, 0.1) is 17.6 Å². The van der Waals surface area contributed by atoms with Gasteiger partial charge in [-0.25, -0.2) is 8.78 Å². The van der Waals surface area contributed by atoms with Crippen LogP contribution in [0.25, 0.3) is 0 Å². The molecule has 150 valence electrons. The fraction of sp³-hybridized carbons (Fsp3) is 0.667. The van der Waals surface area contributed by atoms with E-state index in [-0.39, 0.29) is 11.8 Å². The number of nitrogens with zero attached hydrogens (tertiary/aromatic N) is 2. The number of anilines is 1. The zero-order valence-electron chi connectivity index (χ0n) is 16.3. The Labute approximate surface area is 160 Å². The van der Waals surface area contributed by atoms with Gasteiger partial charge >= 0.3 is 0 Å². The lowest BCUT2D eigenvalue weighted by Crippen LogP contribution is -2.44. The van der Waals surface area contributed by atoms with E-state index in [9.17, 15) is 13.6 Å². The molecule has 3 rings (SSSR count). The number of piperidine rings is 1. The van der Waals surface area contributed by atoms with Crippen molar-refractivity contribution in [3.8, 4) is 0 Å². The molecule has 1 atom stereocenters. The van der Waals surface area contributed by atoms with E-state index >= 15 is 0 Å². The summed E-state index contributed by atoms with van der Waals surface area (Å²) in [5, 5.41) is 0. The first-order chi connectivity index (χ1) is 13.0. The van der Waals surface area contributed by atoms with E-state index in [2.05, 4.69) is 18.7 Å². The average molecular weight is 380 g/mol. The third-order valence-electron chi connectivity index (χ3n) is 5.48. The SMILES string of the molecule is CCCOC1CCN(CC(C)CN2C(=O)CCc3cc(F)c(F)cc32)CC1. The first-order valence-corrected chi connectivity index (χ1v) is 10.1. The van der Waals surface area contributed by atoms with Crippen LogP contribution in [0.2, 0.25) is 0 Å². The highest BCUT2D eigenvalue weighted by molar-refractivity contribution is 5.96. The Balaban J connectivity index is 1.56. The van der Waals surface area contributed by atoms with Crippen LogP contribution < -0.4 is 4.90 Å². The van der Waals surface area contributed by atoms with E-state index in [0.717, 1.165) is 51.1 Å². The van der Waals surface area contributed by atoms with Gasteiger partial charge in [-0.1, -0.05) is 13.8 Å². The Hall–Kier alpha value is -1.53. The maximum atomic E-state index is 13.7. The molecule has 1 amide bonds. The van der Waals surface area contributed by atoms with Crippen molar-refractivity contribution in [3.05, 3.63) is 29.3 Å². The minimum absolute atomic E-state index is 0.00738.